The summed E-state index contributed by atoms with van der Waals surface area (Å²) in [5.41, 5.74) is 9.02. The highest BCUT2D eigenvalue weighted by Gasteiger charge is 2.19. The molecule has 0 radical (unpaired) electrons. The van der Waals surface area contributed by atoms with Gasteiger partial charge in [0.1, 0.15) is 0 Å². The van der Waals surface area contributed by atoms with Crippen molar-refractivity contribution >= 4 is 11.1 Å². The van der Waals surface area contributed by atoms with Crippen LogP contribution in [0.3, 0.4) is 0 Å². The largest absolute Gasteiger partial charge is 0.396 e. The van der Waals surface area contributed by atoms with E-state index in [9.17, 15) is 5.11 Å². The third-order valence-corrected chi connectivity index (χ3v) is 6.74. The number of nitrogens with zero attached hydrogens (tertiary/aromatic N) is 1. The molecule has 32 heavy (non-hydrogen) atoms. The minimum atomic E-state index is 0.201. The van der Waals surface area contributed by atoms with Gasteiger partial charge in [0.25, 0.3) is 0 Å². The average Bonchev–Trinajstić information content (AvgIpc) is 2.84. The molecule has 0 unspecified atom stereocenters. The fraction of sp³-hybridized carbons (Fsp3) is 0.333. The van der Waals surface area contributed by atoms with Gasteiger partial charge in [-0.2, -0.15) is 0 Å². The van der Waals surface area contributed by atoms with Crippen LogP contribution in [0.5, 0.6) is 0 Å². The average molecular weight is 426 g/mol. The Morgan fingerprint density at radius 1 is 0.812 bits per heavy atom. The number of allylic oxidation sites excluding steroid dienone is 1. The van der Waals surface area contributed by atoms with Crippen molar-refractivity contribution in [2.24, 2.45) is 0 Å². The van der Waals surface area contributed by atoms with Gasteiger partial charge in [0.15, 0.2) is 0 Å². The highest BCUT2D eigenvalue weighted by molar-refractivity contribution is 5.98. The van der Waals surface area contributed by atoms with Crippen LogP contribution in [-0.4, -0.2) is 36.8 Å². The van der Waals surface area contributed by atoms with Gasteiger partial charge in [0.2, 0.25) is 0 Å². The highest BCUT2D eigenvalue weighted by Crippen LogP contribution is 2.36. The first-order chi connectivity index (χ1) is 15.7. The molecule has 0 bridgehead atoms. The molecule has 1 aliphatic rings. The molecule has 1 heterocycles. The summed E-state index contributed by atoms with van der Waals surface area (Å²) in [5.74, 6) is 0.662. The van der Waals surface area contributed by atoms with Crippen LogP contribution in [0.2, 0.25) is 0 Å². The fourth-order valence-electron chi connectivity index (χ4n) is 4.81. The number of aliphatic hydroxyl groups is 1. The van der Waals surface area contributed by atoms with Crippen LogP contribution in [0, 0.1) is 6.92 Å². The molecule has 1 fully saturated rings. The van der Waals surface area contributed by atoms with Gasteiger partial charge in [0.05, 0.1) is 0 Å². The predicted octanol–water partition coefficient (Wildman–Crippen LogP) is 6.54. The zero-order valence-electron chi connectivity index (χ0n) is 19.4. The van der Waals surface area contributed by atoms with Gasteiger partial charge in [-0.3, -0.25) is 0 Å². The summed E-state index contributed by atoms with van der Waals surface area (Å²) in [6.45, 7) is 4.69. The van der Waals surface area contributed by atoms with Gasteiger partial charge in [-0.05, 0) is 92.1 Å². The zero-order chi connectivity index (χ0) is 22.3. The van der Waals surface area contributed by atoms with Crippen molar-refractivity contribution in [3.63, 3.8) is 0 Å². The highest BCUT2D eigenvalue weighted by atomic mass is 16.2. The van der Waals surface area contributed by atoms with E-state index in [-0.39, 0.29) is 6.61 Å². The van der Waals surface area contributed by atoms with E-state index >= 15 is 0 Å². The molecule has 4 rings (SSSR count). The quantitative estimate of drug-likeness (QED) is 0.435. The molecule has 0 atom stereocenters. The van der Waals surface area contributed by atoms with Crippen molar-refractivity contribution in [2.75, 3.05) is 26.7 Å². The van der Waals surface area contributed by atoms with Crippen LogP contribution in [-0.2, 0) is 0 Å². The number of rotatable bonds is 7. The third-order valence-electron chi connectivity index (χ3n) is 6.74. The lowest BCUT2D eigenvalue weighted by atomic mass is 9.85. The molecule has 0 spiro atoms. The Morgan fingerprint density at radius 3 is 2.00 bits per heavy atom. The number of aliphatic hydroxyl groups excluding tert-OH is 1. The molecule has 0 aromatic heterocycles. The molecule has 0 aliphatic carbocycles. The van der Waals surface area contributed by atoms with Gasteiger partial charge < -0.3 is 10.0 Å². The second-order valence-electron chi connectivity index (χ2n) is 9.11. The van der Waals surface area contributed by atoms with Crippen LogP contribution in [0.4, 0.5) is 0 Å². The summed E-state index contributed by atoms with van der Waals surface area (Å²) in [4.78, 5) is 2.43. The molecule has 166 valence electrons. The number of benzene rings is 3. The number of likely N-dealkylation sites (tertiary alicyclic amines) is 1. The number of hydrogen-bond donors (Lipinski definition) is 1. The molecule has 1 N–H and O–H groups in total. The summed E-state index contributed by atoms with van der Waals surface area (Å²) in [6, 6.07) is 28.8. The first-order valence-corrected chi connectivity index (χ1v) is 11.9. The van der Waals surface area contributed by atoms with Gasteiger partial charge in [0, 0.05) is 6.61 Å². The van der Waals surface area contributed by atoms with Crippen LogP contribution in [0.1, 0.15) is 59.4 Å². The van der Waals surface area contributed by atoms with Crippen molar-refractivity contribution in [3.8, 4) is 0 Å². The SMILES string of the molecule is Cc1ccc(C(=C(CCCO)c2ccccc2)c2ccc(C3CCN(C)CC3)cc2)cc1. The normalized spacial score (nSPS) is 16.1. The zero-order valence-corrected chi connectivity index (χ0v) is 19.4. The van der Waals surface area contributed by atoms with Gasteiger partial charge >= 0.3 is 0 Å². The Kier molecular flexibility index (Phi) is 7.57. The standard InChI is InChI=1S/C30H35NO/c1-23-10-12-27(13-11-23)30(29(9-6-22-32)26-7-4-3-5-8-26)28-16-14-24(15-17-28)25-18-20-31(2)21-19-25/h3-5,7-8,10-17,25,32H,6,9,18-22H2,1-2H3. The first kappa shape index (κ1) is 22.5. The predicted molar refractivity (Wildman–Crippen MR) is 136 cm³/mol. The molecule has 2 nitrogen and oxygen atoms in total. The minimum absolute atomic E-state index is 0.201. The van der Waals surface area contributed by atoms with Crippen molar-refractivity contribution < 1.29 is 5.11 Å². The van der Waals surface area contributed by atoms with Crippen molar-refractivity contribution in [1.29, 1.82) is 0 Å². The monoisotopic (exact) mass is 425 g/mol. The third kappa shape index (κ3) is 5.38. The summed E-state index contributed by atoms with van der Waals surface area (Å²) < 4.78 is 0. The lowest BCUT2D eigenvalue weighted by Gasteiger charge is -2.29. The van der Waals surface area contributed by atoms with E-state index in [4.69, 9.17) is 0 Å². The van der Waals surface area contributed by atoms with Gasteiger partial charge in [-0.15, -0.1) is 0 Å². The molecular formula is C30H35NO. The molecular weight excluding hydrogens is 390 g/mol. The molecule has 3 aromatic carbocycles. The topological polar surface area (TPSA) is 23.5 Å². The smallest absolute Gasteiger partial charge is 0.0434 e. The van der Waals surface area contributed by atoms with E-state index in [1.165, 1.54) is 64.9 Å². The Balaban J connectivity index is 1.78. The molecule has 0 amide bonds. The maximum Gasteiger partial charge on any atom is 0.0434 e. The summed E-state index contributed by atoms with van der Waals surface area (Å²) >= 11 is 0. The van der Waals surface area contributed by atoms with E-state index in [0.717, 1.165) is 12.8 Å². The van der Waals surface area contributed by atoms with E-state index < -0.39 is 0 Å². The Hall–Kier alpha value is -2.68. The Labute approximate surface area is 193 Å². The summed E-state index contributed by atoms with van der Waals surface area (Å²) in [5, 5.41) is 9.59. The van der Waals surface area contributed by atoms with Crippen LogP contribution < -0.4 is 0 Å². The lowest BCUT2D eigenvalue weighted by Crippen LogP contribution is -2.29. The Bertz CT molecular complexity index is 1010. The van der Waals surface area contributed by atoms with Crippen molar-refractivity contribution in [1.82, 2.24) is 4.90 Å². The number of aryl methyl sites for hydroxylation is 1. The van der Waals surface area contributed by atoms with Gasteiger partial charge in [-0.25, -0.2) is 0 Å². The lowest BCUT2D eigenvalue weighted by molar-refractivity contribution is 0.255. The first-order valence-electron chi connectivity index (χ1n) is 11.9. The minimum Gasteiger partial charge on any atom is -0.396 e. The maximum atomic E-state index is 9.59. The van der Waals surface area contributed by atoms with E-state index in [1.807, 2.05) is 0 Å². The summed E-state index contributed by atoms with van der Waals surface area (Å²) in [7, 11) is 2.22. The molecule has 0 saturated carbocycles. The Morgan fingerprint density at radius 2 is 1.41 bits per heavy atom. The second-order valence-corrected chi connectivity index (χ2v) is 9.11. The van der Waals surface area contributed by atoms with Crippen molar-refractivity contribution in [2.45, 2.75) is 38.5 Å². The van der Waals surface area contributed by atoms with Crippen LogP contribution in [0.15, 0.2) is 78.9 Å². The van der Waals surface area contributed by atoms with Crippen LogP contribution >= 0.6 is 0 Å². The second kappa shape index (κ2) is 10.8. The molecule has 1 saturated heterocycles. The molecule has 2 heteroatoms. The van der Waals surface area contributed by atoms with Crippen molar-refractivity contribution in [3.05, 3.63) is 107 Å². The summed E-state index contributed by atoms with van der Waals surface area (Å²) in [6.07, 6.45) is 4.08. The fourth-order valence-corrected chi connectivity index (χ4v) is 4.81. The number of hydrogen-bond acceptors (Lipinski definition) is 2. The molecule has 1 aliphatic heterocycles. The van der Waals surface area contributed by atoms with Gasteiger partial charge in [-0.1, -0.05) is 84.4 Å². The maximum absolute atomic E-state index is 9.59. The molecule has 3 aromatic rings. The van der Waals surface area contributed by atoms with E-state index in [1.54, 1.807) is 0 Å². The number of piperidine rings is 1. The van der Waals surface area contributed by atoms with Crippen LogP contribution in [0.25, 0.3) is 11.1 Å². The van der Waals surface area contributed by atoms with E-state index in [0.29, 0.717) is 5.92 Å². The van der Waals surface area contributed by atoms with E-state index in [2.05, 4.69) is 97.7 Å².